The van der Waals surface area contributed by atoms with Gasteiger partial charge in [-0.3, -0.25) is 9.59 Å². The molecule has 1 aliphatic heterocycles. The van der Waals surface area contributed by atoms with E-state index in [1.165, 1.54) is 12.0 Å². The Bertz CT molecular complexity index is 765. The molecule has 158 valence electrons. The van der Waals surface area contributed by atoms with Crippen molar-refractivity contribution in [3.05, 3.63) is 34.3 Å². The molecule has 1 saturated heterocycles. The number of esters is 1. The predicted molar refractivity (Wildman–Crippen MR) is 108 cm³/mol. The van der Waals surface area contributed by atoms with Crippen LogP contribution in [0, 0.1) is 5.92 Å². The Labute approximate surface area is 178 Å². The van der Waals surface area contributed by atoms with Crippen molar-refractivity contribution in [3.63, 3.8) is 0 Å². The summed E-state index contributed by atoms with van der Waals surface area (Å²) in [6.07, 6.45) is 0.366. The first kappa shape index (κ1) is 22.9. The van der Waals surface area contributed by atoms with Gasteiger partial charge in [-0.15, -0.1) is 0 Å². The highest BCUT2D eigenvalue weighted by atomic mass is 79.9. The van der Waals surface area contributed by atoms with Gasteiger partial charge in [0.05, 0.1) is 7.11 Å². The number of alkyl carbamates (subject to hydrolysis) is 1. The number of halogens is 1. The summed E-state index contributed by atoms with van der Waals surface area (Å²) in [4.78, 5) is 50.6. The Balaban J connectivity index is 2.00. The van der Waals surface area contributed by atoms with Crippen molar-refractivity contribution in [2.24, 2.45) is 5.92 Å². The molecule has 0 bridgehead atoms. The average molecular weight is 469 g/mol. The largest absolute Gasteiger partial charge is 0.456 e. The SMILES string of the molecule is COC(=O)NC(C(=O)N1CCCC1C(=O)OCC(=O)c1ccc(Br)cc1)C(C)C. The maximum absolute atomic E-state index is 12.9. The Hall–Kier alpha value is -2.42. The fourth-order valence-electron chi connectivity index (χ4n) is 3.11. The van der Waals surface area contributed by atoms with E-state index in [4.69, 9.17) is 4.74 Å². The highest BCUT2D eigenvalue weighted by molar-refractivity contribution is 9.10. The van der Waals surface area contributed by atoms with Gasteiger partial charge < -0.3 is 19.7 Å². The number of ketones is 1. The van der Waals surface area contributed by atoms with E-state index in [9.17, 15) is 19.2 Å². The summed E-state index contributed by atoms with van der Waals surface area (Å²) in [5.74, 6) is -1.52. The highest BCUT2D eigenvalue weighted by Crippen LogP contribution is 2.21. The van der Waals surface area contributed by atoms with Crippen LogP contribution >= 0.6 is 15.9 Å². The molecule has 1 fully saturated rings. The van der Waals surface area contributed by atoms with E-state index in [0.29, 0.717) is 24.9 Å². The molecule has 2 amide bonds. The molecule has 0 radical (unpaired) electrons. The van der Waals surface area contributed by atoms with Gasteiger partial charge in [0.15, 0.2) is 12.4 Å². The highest BCUT2D eigenvalue weighted by Gasteiger charge is 2.39. The lowest BCUT2D eigenvalue weighted by Crippen LogP contribution is -2.54. The number of likely N-dealkylation sites (tertiary alicyclic amines) is 1. The van der Waals surface area contributed by atoms with Crippen molar-refractivity contribution in [2.45, 2.75) is 38.8 Å². The van der Waals surface area contributed by atoms with Crippen molar-refractivity contribution in [1.29, 1.82) is 0 Å². The Kier molecular flexibility index (Phi) is 8.19. The number of rotatable bonds is 7. The summed E-state index contributed by atoms with van der Waals surface area (Å²) in [7, 11) is 1.22. The van der Waals surface area contributed by atoms with Gasteiger partial charge in [0.25, 0.3) is 0 Å². The van der Waals surface area contributed by atoms with E-state index >= 15 is 0 Å². The molecule has 9 heteroatoms. The zero-order chi connectivity index (χ0) is 21.6. The van der Waals surface area contributed by atoms with Crippen LogP contribution in [-0.4, -0.2) is 61.0 Å². The Morgan fingerprint density at radius 2 is 1.86 bits per heavy atom. The number of nitrogens with one attached hydrogen (secondary N) is 1. The van der Waals surface area contributed by atoms with E-state index in [-0.39, 0.29) is 17.6 Å². The van der Waals surface area contributed by atoms with Crippen LogP contribution in [0.3, 0.4) is 0 Å². The standard InChI is InChI=1S/C20H25BrN2O6/c1-12(2)17(22-20(27)28-3)18(25)23-10-4-5-15(23)19(26)29-11-16(24)13-6-8-14(21)9-7-13/h6-9,12,15,17H,4-5,10-11H2,1-3H3,(H,22,27). The summed E-state index contributed by atoms with van der Waals surface area (Å²) < 4.78 is 10.6. The van der Waals surface area contributed by atoms with E-state index in [0.717, 1.165) is 4.47 Å². The molecular formula is C20H25BrN2O6. The number of Topliss-reactive ketones (excluding diaryl/α,β-unsaturated/α-hetero) is 1. The third-order valence-electron chi connectivity index (χ3n) is 4.71. The number of hydrogen-bond acceptors (Lipinski definition) is 6. The molecule has 8 nitrogen and oxygen atoms in total. The molecule has 0 saturated carbocycles. The van der Waals surface area contributed by atoms with Crippen LogP contribution in [0.1, 0.15) is 37.0 Å². The number of carbonyl (C=O) groups excluding carboxylic acids is 4. The lowest BCUT2D eigenvalue weighted by molar-refractivity contribution is -0.153. The summed E-state index contributed by atoms with van der Waals surface area (Å²) in [6.45, 7) is 3.57. The van der Waals surface area contributed by atoms with Crippen LogP contribution in [0.4, 0.5) is 4.79 Å². The third-order valence-corrected chi connectivity index (χ3v) is 5.24. The minimum Gasteiger partial charge on any atom is -0.456 e. The molecule has 0 aliphatic carbocycles. The van der Waals surface area contributed by atoms with Crippen LogP contribution in [0.15, 0.2) is 28.7 Å². The average Bonchev–Trinajstić information content (AvgIpc) is 3.19. The van der Waals surface area contributed by atoms with Crippen LogP contribution in [0.5, 0.6) is 0 Å². The number of methoxy groups -OCH3 is 1. The van der Waals surface area contributed by atoms with E-state index in [1.54, 1.807) is 38.1 Å². The minimum absolute atomic E-state index is 0.196. The van der Waals surface area contributed by atoms with Crippen molar-refractivity contribution in [2.75, 3.05) is 20.3 Å². The van der Waals surface area contributed by atoms with Crippen LogP contribution in [0.2, 0.25) is 0 Å². The van der Waals surface area contributed by atoms with Crippen LogP contribution < -0.4 is 5.32 Å². The second-order valence-corrected chi connectivity index (χ2v) is 8.00. The summed E-state index contributed by atoms with van der Waals surface area (Å²) in [5.41, 5.74) is 0.433. The third kappa shape index (κ3) is 6.03. The second-order valence-electron chi connectivity index (χ2n) is 7.09. The molecule has 1 aromatic rings. The molecule has 2 rings (SSSR count). The van der Waals surface area contributed by atoms with Crippen molar-refractivity contribution >= 4 is 39.7 Å². The summed E-state index contributed by atoms with van der Waals surface area (Å²) in [5, 5.41) is 2.52. The predicted octanol–water partition coefficient (Wildman–Crippen LogP) is 2.55. The number of amides is 2. The van der Waals surface area contributed by atoms with Gasteiger partial charge in [-0.1, -0.05) is 41.9 Å². The molecule has 1 heterocycles. The molecule has 1 aliphatic rings. The number of hydrogen-bond donors (Lipinski definition) is 1. The minimum atomic E-state index is -0.819. The molecule has 29 heavy (non-hydrogen) atoms. The molecule has 2 atom stereocenters. The molecule has 1 N–H and O–H groups in total. The molecule has 2 unspecified atom stereocenters. The summed E-state index contributed by atoms with van der Waals surface area (Å²) >= 11 is 3.29. The second kappa shape index (κ2) is 10.4. The first-order valence-corrected chi connectivity index (χ1v) is 10.1. The monoisotopic (exact) mass is 468 g/mol. The van der Waals surface area contributed by atoms with Crippen molar-refractivity contribution < 1.29 is 28.7 Å². The van der Waals surface area contributed by atoms with Gasteiger partial charge in [0.2, 0.25) is 5.91 Å². The first-order valence-electron chi connectivity index (χ1n) is 9.35. The lowest BCUT2D eigenvalue weighted by atomic mass is 10.0. The summed E-state index contributed by atoms with van der Waals surface area (Å²) in [6, 6.07) is 5.13. The zero-order valence-electron chi connectivity index (χ0n) is 16.6. The normalized spacial score (nSPS) is 17.0. The van der Waals surface area contributed by atoms with Crippen LogP contribution in [0.25, 0.3) is 0 Å². The van der Waals surface area contributed by atoms with Gasteiger partial charge in [-0.05, 0) is 30.9 Å². The number of ether oxygens (including phenoxy) is 2. The fourth-order valence-corrected chi connectivity index (χ4v) is 3.37. The van der Waals surface area contributed by atoms with E-state index in [1.807, 2.05) is 0 Å². The Morgan fingerprint density at radius 1 is 1.21 bits per heavy atom. The maximum atomic E-state index is 12.9. The van der Waals surface area contributed by atoms with Gasteiger partial charge in [-0.2, -0.15) is 0 Å². The fraction of sp³-hybridized carbons (Fsp3) is 0.500. The van der Waals surface area contributed by atoms with Gasteiger partial charge in [-0.25, -0.2) is 9.59 Å². The Morgan fingerprint density at radius 3 is 2.45 bits per heavy atom. The van der Waals surface area contributed by atoms with Crippen molar-refractivity contribution in [1.82, 2.24) is 10.2 Å². The molecule has 0 aromatic heterocycles. The topological polar surface area (TPSA) is 102 Å². The molecular weight excluding hydrogens is 444 g/mol. The number of benzene rings is 1. The maximum Gasteiger partial charge on any atom is 0.407 e. The first-order chi connectivity index (χ1) is 13.7. The lowest BCUT2D eigenvalue weighted by Gasteiger charge is -2.29. The number of nitrogens with zero attached hydrogens (tertiary/aromatic N) is 1. The quantitative estimate of drug-likeness (QED) is 0.487. The van der Waals surface area contributed by atoms with E-state index < -0.39 is 30.8 Å². The number of carbonyl (C=O) groups is 4. The molecule has 1 aromatic carbocycles. The van der Waals surface area contributed by atoms with Gasteiger partial charge in [0.1, 0.15) is 12.1 Å². The van der Waals surface area contributed by atoms with Gasteiger partial charge in [0, 0.05) is 16.6 Å². The zero-order valence-corrected chi connectivity index (χ0v) is 18.2. The molecule has 0 spiro atoms. The van der Waals surface area contributed by atoms with Crippen molar-refractivity contribution in [3.8, 4) is 0 Å². The van der Waals surface area contributed by atoms with Crippen LogP contribution in [-0.2, 0) is 19.1 Å². The van der Waals surface area contributed by atoms with E-state index in [2.05, 4.69) is 26.0 Å². The van der Waals surface area contributed by atoms with Gasteiger partial charge >= 0.3 is 12.1 Å². The smallest absolute Gasteiger partial charge is 0.407 e.